The molecule has 0 aliphatic heterocycles. The van der Waals surface area contributed by atoms with E-state index in [1.165, 1.54) is 13.1 Å². The number of hydrogen-bond acceptors (Lipinski definition) is 4. The van der Waals surface area contributed by atoms with E-state index in [0.29, 0.717) is 17.9 Å². The maximum Gasteiger partial charge on any atom is 0.251 e. The second-order valence-electron chi connectivity index (χ2n) is 5.93. The normalized spacial score (nSPS) is 11.3. The van der Waals surface area contributed by atoms with Crippen molar-refractivity contribution in [2.24, 2.45) is 0 Å². The van der Waals surface area contributed by atoms with Gasteiger partial charge in [0.25, 0.3) is 5.91 Å². The predicted molar refractivity (Wildman–Crippen MR) is 101 cm³/mol. The summed E-state index contributed by atoms with van der Waals surface area (Å²) in [6.45, 7) is 1.92. The van der Waals surface area contributed by atoms with Gasteiger partial charge < -0.3 is 20.7 Å². The molecule has 7 nitrogen and oxygen atoms in total. The van der Waals surface area contributed by atoms with Crippen LogP contribution in [-0.4, -0.2) is 37.9 Å². The van der Waals surface area contributed by atoms with Crippen molar-refractivity contribution in [1.82, 2.24) is 16.0 Å². The molecule has 2 aromatic carbocycles. The number of hydrogen-bond donors (Lipinski definition) is 3. The Bertz CT molecular complexity index is 888. The van der Waals surface area contributed by atoms with Crippen LogP contribution in [0.5, 0.6) is 5.75 Å². The third-order valence-electron chi connectivity index (χ3n) is 3.93. The molecule has 0 saturated carbocycles. The van der Waals surface area contributed by atoms with Gasteiger partial charge in [0.1, 0.15) is 11.8 Å². The van der Waals surface area contributed by atoms with Gasteiger partial charge in [-0.15, -0.1) is 0 Å². The second-order valence-corrected chi connectivity index (χ2v) is 5.93. The van der Waals surface area contributed by atoms with Crippen LogP contribution in [0, 0.1) is 11.6 Å². The Labute approximate surface area is 166 Å². The molecule has 0 heterocycles. The van der Waals surface area contributed by atoms with Crippen molar-refractivity contribution in [2.45, 2.75) is 13.0 Å². The van der Waals surface area contributed by atoms with Crippen LogP contribution in [0.3, 0.4) is 0 Å². The lowest BCUT2D eigenvalue weighted by Gasteiger charge is -2.18. The molecule has 3 N–H and O–H groups in total. The quantitative estimate of drug-likeness (QED) is 0.623. The lowest BCUT2D eigenvalue weighted by molar-refractivity contribution is -0.128. The SMILES string of the molecule is CCOc1ccc(C(=O)NCC(=O)NC(C(=O)NC)c2ccc(F)c(F)c2)cc1. The molecule has 1 atom stereocenters. The molecule has 0 saturated heterocycles. The smallest absolute Gasteiger partial charge is 0.251 e. The average molecular weight is 405 g/mol. The minimum absolute atomic E-state index is 0.0643. The Morgan fingerprint density at radius 1 is 1.03 bits per heavy atom. The van der Waals surface area contributed by atoms with Crippen LogP contribution in [0.1, 0.15) is 28.9 Å². The van der Waals surface area contributed by atoms with E-state index < -0.39 is 41.9 Å². The Hall–Kier alpha value is -3.49. The predicted octanol–water partition coefficient (Wildman–Crippen LogP) is 1.70. The van der Waals surface area contributed by atoms with Gasteiger partial charge >= 0.3 is 0 Å². The van der Waals surface area contributed by atoms with E-state index in [9.17, 15) is 23.2 Å². The van der Waals surface area contributed by atoms with E-state index in [1.807, 2.05) is 6.92 Å². The number of carbonyl (C=O) groups excluding carboxylic acids is 3. The van der Waals surface area contributed by atoms with Gasteiger partial charge in [-0.3, -0.25) is 14.4 Å². The molecule has 0 fully saturated rings. The van der Waals surface area contributed by atoms with Crippen LogP contribution in [0.4, 0.5) is 8.78 Å². The van der Waals surface area contributed by atoms with Crippen molar-refractivity contribution in [2.75, 3.05) is 20.2 Å². The molecule has 0 radical (unpaired) electrons. The van der Waals surface area contributed by atoms with Gasteiger partial charge in [0.05, 0.1) is 13.2 Å². The molecular weight excluding hydrogens is 384 g/mol. The average Bonchev–Trinajstić information content (AvgIpc) is 2.72. The molecular formula is C20H21F2N3O4. The number of benzene rings is 2. The lowest BCUT2D eigenvalue weighted by atomic mass is 10.1. The molecule has 0 aromatic heterocycles. The highest BCUT2D eigenvalue weighted by Gasteiger charge is 2.23. The molecule has 0 bridgehead atoms. The number of ether oxygens (including phenoxy) is 1. The molecule has 154 valence electrons. The fourth-order valence-corrected chi connectivity index (χ4v) is 2.48. The van der Waals surface area contributed by atoms with E-state index in [2.05, 4.69) is 16.0 Å². The van der Waals surface area contributed by atoms with Gasteiger partial charge in [-0.25, -0.2) is 8.78 Å². The number of nitrogens with one attached hydrogen (secondary N) is 3. The summed E-state index contributed by atoms with van der Waals surface area (Å²) >= 11 is 0. The maximum atomic E-state index is 13.5. The van der Waals surface area contributed by atoms with Crippen molar-refractivity contribution in [1.29, 1.82) is 0 Å². The van der Waals surface area contributed by atoms with Gasteiger partial charge in [0, 0.05) is 12.6 Å². The van der Waals surface area contributed by atoms with Crippen molar-refractivity contribution in [3.63, 3.8) is 0 Å². The molecule has 3 amide bonds. The molecule has 2 aromatic rings. The van der Waals surface area contributed by atoms with Crippen LogP contribution in [0.25, 0.3) is 0 Å². The summed E-state index contributed by atoms with van der Waals surface area (Å²) in [6, 6.07) is 7.99. The highest BCUT2D eigenvalue weighted by atomic mass is 19.2. The standard InChI is InChI=1S/C20H21F2N3O4/c1-3-29-14-7-4-12(5-8-14)19(27)24-11-17(26)25-18(20(28)23-2)13-6-9-15(21)16(22)10-13/h4-10,18H,3,11H2,1-2H3,(H,23,28)(H,24,27)(H,25,26). The molecule has 1 unspecified atom stereocenters. The third kappa shape index (κ3) is 6.00. The summed E-state index contributed by atoms with van der Waals surface area (Å²) in [7, 11) is 1.34. The van der Waals surface area contributed by atoms with Crippen LogP contribution in [0.15, 0.2) is 42.5 Å². The van der Waals surface area contributed by atoms with Gasteiger partial charge in [-0.2, -0.15) is 0 Å². The van der Waals surface area contributed by atoms with Crippen LogP contribution < -0.4 is 20.7 Å². The van der Waals surface area contributed by atoms with Crippen molar-refractivity contribution in [3.05, 3.63) is 65.2 Å². The van der Waals surface area contributed by atoms with Gasteiger partial charge in [-0.1, -0.05) is 6.07 Å². The topological polar surface area (TPSA) is 96.5 Å². The lowest BCUT2D eigenvalue weighted by Crippen LogP contribution is -2.43. The number of halogens is 2. The van der Waals surface area contributed by atoms with Gasteiger partial charge in [0.2, 0.25) is 11.8 Å². The zero-order chi connectivity index (χ0) is 21.4. The monoisotopic (exact) mass is 405 g/mol. The molecule has 29 heavy (non-hydrogen) atoms. The Morgan fingerprint density at radius 2 is 1.72 bits per heavy atom. The third-order valence-corrected chi connectivity index (χ3v) is 3.93. The van der Waals surface area contributed by atoms with E-state index in [-0.39, 0.29) is 5.56 Å². The summed E-state index contributed by atoms with van der Waals surface area (Å²) in [4.78, 5) is 36.4. The number of amides is 3. The van der Waals surface area contributed by atoms with Crippen LogP contribution in [-0.2, 0) is 9.59 Å². The first-order chi connectivity index (χ1) is 13.8. The molecule has 0 aliphatic carbocycles. The zero-order valence-corrected chi connectivity index (χ0v) is 15.9. The highest BCUT2D eigenvalue weighted by Crippen LogP contribution is 2.17. The van der Waals surface area contributed by atoms with Crippen molar-refractivity contribution >= 4 is 17.7 Å². The Balaban J connectivity index is 1.99. The number of rotatable bonds is 8. The van der Waals surface area contributed by atoms with Gasteiger partial charge in [0.15, 0.2) is 11.6 Å². The fraction of sp³-hybridized carbons (Fsp3) is 0.250. The van der Waals surface area contributed by atoms with E-state index in [0.717, 1.165) is 12.1 Å². The van der Waals surface area contributed by atoms with Gasteiger partial charge in [-0.05, 0) is 48.9 Å². The fourth-order valence-electron chi connectivity index (χ4n) is 2.48. The minimum Gasteiger partial charge on any atom is -0.494 e. The molecule has 9 heteroatoms. The summed E-state index contributed by atoms with van der Waals surface area (Å²) in [6.07, 6.45) is 0. The van der Waals surface area contributed by atoms with E-state index in [4.69, 9.17) is 4.74 Å². The van der Waals surface area contributed by atoms with Crippen molar-refractivity contribution in [3.8, 4) is 5.75 Å². The molecule has 0 aliphatic rings. The summed E-state index contributed by atoms with van der Waals surface area (Å²) in [5, 5.41) is 7.16. The summed E-state index contributed by atoms with van der Waals surface area (Å²) < 4.78 is 31.9. The molecule has 0 spiro atoms. The Morgan fingerprint density at radius 3 is 2.31 bits per heavy atom. The number of carbonyl (C=O) groups is 3. The highest BCUT2D eigenvalue weighted by molar-refractivity contribution is 5.97. The van der Waals surface area contributed by atoms with Crippen LogP contribution in [0.2, 0.25) is 0 Å². The van der Waals surface area contributed by atoms with E-state index in [1.54, 1.807) is 24.3 Å². The first kappa shape index (κ1) is 21.8. The minimum atomic E-state index is -1.25. The summed E-state index contributed by atoms with van der Waals surface area (Å²) in [5.74, 6) is -3.40. The number of likely N-dealkylation sites (N-methyl/N-ethyl adjacent to an activating group) is 1. The first-order valence-corrected chi connectivity index (χ1v) is 8.82. The maximum absolute atomic E-state index is 13.5. The molecule has 2 rings (SSSR count). The first-order valence-electron chi connectivity index (χ1n) is 8.82. The van der Waals surface area contributed by atoms with E-state index >= 15 is 0 Å². The Kier molecular flexibility index (Phi) is 7.64. The zero-order valence-electron chi connectivity index (χ0n) is 15.9. The van der Waals surface area contributed by atoms with Crippen LogP contribution >= 0.6 is 0 Å². The summed E-state index contributed by atoms with van der Waals surface area (Å²) in [5.41, 5.74) is 0.388. The van der Waals surface area contributed by atoms with Crippen molar-refractivity contribution < 1.29 is 27.9 Å². The largest absolute Gasteiger partial charge is 0.494 e. The second kappa shape index (κ2) is 10.2.